The Kier molecular flexibility index (Phi) is 4.84. The van der Waals surface area contributed by atoms with E-state index >= 15 is 0 Å². The molecular formula is C25H27N3O2S. The van der Waals surface area contributed by atoms with Crippen molar-refractivity contribution >= 4 is 16.5 Å². The number of anilines is 1. The first kappa shape index (κ1) is 19.1. The largest absolute Gasteiger partial charge is 0.454 e. The molecule has 1 atom stereocenters. The summed E-state index contributed by atoms with van der Waals surface area (Å²) < 4.78 is 11.1. The normalized spacial score (nSPS) is 20.4. The lowest BCUT2D eigenvalue weighted by atomic mass is 10.0. The van der Waals surface area contributed by atoms with Gasteiger partial charge in [0.15, 0.2) is 16.6 Å². The van der Waals surface area contributed by atoms with Crippen LogP contribution in [0.25, 0.3) is 0 Å². The molecule has 5 nitrogen and oxygen atoms in total. The number of nitrogens with one attached hydrogen (secondary N) is 1. The molecule has 0 bridgehead atoms. The van der Waals surface area contributed by atoms with Gasteiger partial charge in [0.25, 0.3) is 0 Å². The quantitative estimate of drug-likeness (QED) is 0.552. The first-order valence-corrected chi connectivity index (χ1v) is 12.1. The highest BCUT2D eigenvalue weighted by Crippen LogP contribution is 2.51. The topological polar surface area (TPSA) is 46.6 Å². The van der Waals surface area contributed by atoms with Gasteiger partial charge in [-0.05, 0) is 62.0 Å². The van der Waals surface area contributed by atoms with Gasteiger partial charge in [-0.25, -0.2) is 4.98 Å². The van der Waals surface area contributed by atoms with E-state index in [1.165, 1.54) is 35.3 Å². The van der Waals surface area contributed by atoms with E-state index in [4.69, 9.17) is 14.5 Å². The second-order valence-electron chi connectivity index (χ2n) is 8.75. The van der Waals surface area contributed by atoms with Crippen LogP contribution in [0, 0.1) is 0 Å². The fourth-order valence-electron chi connectivity index (χ4n) is 4.85. The number of likely N-dealkylation sites (tertiary alicyclic amines) is 1. The van der Waals surface area contributed by atoms with E-state index in [0.717, 1.165) is 42.6 Å². The van der Waals surface area contributed by atoms with Gasteiger partial charge in [0, 0.05) is 11.1 Å². The molecule has 1 saturated heterocycles. The number of thiazole rings is 1. The first-order valence-electron chi connectivity index (χ1n) is 11.2. The standard InChI is InChI=1S/C25H27N3O2S/c1-3-7-18(8-4-1)23(28-13-5-2-6-14-28)22-16-26-24(31-22)27-25(11-12-25)19-9-10-20-21(15-19)30-17-29-20/h1,3-4,7-10,15-16,23H,2,5-6,11-14,17H2,(H,26,27). The molecule has 31 heavy (non-hydrogen) atoms. The van der Waals surface area contributed by atoms with E-state index in [1.54, 1.807) is 11.3 Å². The molecule has 1 unspecified atom stereocenters. The predicted molar refractivity (Wildman–Crippen MR) is 123 cm³/mol. The Labute approximate surface area is 187 Å². The SMILES string of the molecule is c1ccc(C(c2cnc(NC3(c4ccc5c(c4)OCO5)CC3)s2)N2CCCCC2)cc1. The lowest BCUT2D eigenvalue weighted by Gasteiger charge is -2.34. The van der Waals surface area contributed by atoms with E-state index in [-0.39, 0.29) is 11.6 Å². The minimum atomic E-state index is -0.0382. The lowest BCUT2D eigenvalue weighted by Crippen LogP contribution is -2.34. The Morgan fingerprint density at radius 3 is 2.58 bits per heavy atom. The van der Waals surface area contributed by atoms with Crippen molar-refractivity contribution in [2.24, 2.45) is 0 Å². The van der Waals surface area contributed by atoms with Gasteiger partial charge in [-0.3, -0.25) is 4.90 Å². The van der Waals surface area contributed by atoms with Crippen LogP contribution in [0.1, 0.15) is 54.1 Å². The molecule has 0 amide bonds. The fourth-order valence-corrected chi connectivity index (χ4v) is 5.92. The lowest BCUT2D eigenvalue weighted by molar-refractivity contribution is 0.174. The summed E-state index contributed by atoms with van der Waals surface area (Å²) in [7, 11) is 0. The van der Waals surface area contributed by atoms with Crippen molar-refractivity contribution < 1.29 is 9.47 Å². The van der Waals surface area contributed by atoms with E-state index < -0.39 is 0 Å². The van der Waals surface area contributed by atoms with Gasteiger partial charge in [0.2, 0.25) is 6.79 Å². The Morgan fingerprint density at radius 1 is 0.968 bits per heavy atom. The van der Waals surface area contributed by atoms with Crippen LogP contribution in [-0.4, -0.2) is 29.8 Å². The van der Waals surface area contributed by atoms with Gasteiger partial charge in [-0.15, -0.1) is 11.3 Å². The number of ether oxygens (including phenoxy) is 2. The molecule has 2 fully saturated rings. The van der Waals surface area contributed by atoms with Crippen molar-refractivity contribution in [1.29, 1.82) is 0 Å². The number of hydrogen-bond acceptors (Lipinski definition) is 6. The maximum atomic E-state index is 5.60. The molecule has 3 heterocycles. The fraction of sp³-hybridized carbons (Fsp3) is 0.400. The monoisotopic (exact) mass is 433 g/mol. The average Bonchev–Trinajstić information content (AvgIpc) is 3.21. The maximum absolute atomic E-state index is 5.60. The van der Waals surface area contributed by atoms with Gasteiger partial charge < -0.3 is 14.8 Å². The molecule has 2 aliphatic heterocycles. The van der Waals surface area contributed by atoms with Gasteiger partial charge in [-0.2, -0.15) is 0 Å². The molecule has 1 saturated carbocycles. The zero-order chi connectivity index (χ0) is 20.7. The Balaban J connectivity index is 1.26. The van der Waals surface area contributed by atoms with Crippen molar-refractivity contribution in [3.8, 4) is 11.5 Å². The first-order chi connectivity index (χ1) is 15.3. The van der Waals surface area contributed by atoms with Crippen LogP contribution in [0.4, 0.5) is 5.13 Å². The third-order valence-electron chi connectivity index (χ3n) is 6.69. The molecule has 160 valence electrons. The minimum Gasteiger partial charge on any atom is -0.454 e. The summed E-state index contributed by atoms with van der Waals surface area (Å²) in [5, 5.41) is 4.76. The van der Waals surface area contributed by atoms with Crippen LogP contribution in [0.2, 0.25) is 0 Å². The predicted octanol–water partition coefficient (Wildman–Crippen LogP) is 5.55. The summed E-state index contributed by atoms with van der Waals surface area (Å²) in [4.78, 5) is 8.75. The average molecular weight is 434 g/mol. The number of piperidine rings is 1. The molecule has 1 N–H and O–H groups in total. The maximum Gasteiger partial charge on any atom is 0.231 e. The minimum absolute atomic E-state index is 0.0382. The number of aromatic nitrogens is 1. The second-order valence-corrected chi connectivity index (χ2v) is 9.82. The summed E-state index contributed by atoms with van der Waals surface area (Å²) in [6, 6.07) is 17.5. The number of rotatable bonds is 6. The van der Waals surface area contributed by atoms with Gasteiger partial charge >= 0.3 is 0 Å². The van der Waals surface area contributed by atoms with E-state index in [1.807, 2.05) is 6.07 Å². The zero-order valence-corrected chi connectivity index (χ0v) is 18.4. The van der Waals surface area contributed by atoms with E-state index in [9.17, 15) is 0 Å². The van der Waals surface area contributed by atoms with Crippen molar-refractivity contribution in [3.63, 3.8) is 0 Å². The smallest absolute Gasteiger partial charge is 0.231 e. The Bertz CT molecular complexity index is 1060. The van der Waals surface area contributed by atoms with Crippen LogP contribution in [0.5, 0.6) is 11.5 Å². The number of hydrogen-bond donors (Lipinski definition) is 1. The molecular weight excluding hydrogens is 406 g/mol. The summed E-state index contributed by atoms with van der Waals surface area (Å²) in [5.74, 6) is 1.68. The Hall–Kier alpha value is -2.57. The molecule has 6 rings (SSSR count). The number of nitrogens with zero attached hydrogens (tertiary/aromatic N) is 2. The third-order valence-corrected chi connectivity index (χ3v) is 7.65. The molecule has 6 heteroatoms. The summed E-state index contributed by atoms with van der Waals surface area (Å²) in [6.45, 7) is 2.62. The molecule has 1 aliphatic carbocycles. The van der Waals surface area contributed by atoms with Crippen LogP contribution in [-0.2, 0) is 5.54 Å². The number of fused-ring (bicyclic) bond motifs is 1. The Morgan fingerprint density at radius 2 is 1.77 bits per heavy atom. The van der Waals surface area contributed by atoms with Gasteiger partial charge in [-0.1, -0.05) is 42.8 Å². The zero-order valence-electron chi connectivity index (χ0n) is 17.5. The molecule has 3 aliphatic rings. The van der Waals surface area contributed by atoms with Crippen molar-refractivity contribution in [2.45, 2.75) is 43.7 Å². The summed E-state index contributed by atoms with van der Waals surface area (Å²) >= 11 is 1.80. The van der Waals surface area contributed by atoms with Gasteiger partial charge in [0.05, 0.1) is 11.6 Å². The van der Waals surface area contributed by atoms with E-state index in [0.29, 0.717) is 6.79 Å². The number of benzene rings is 2. The molecule has 2 aromatic carbocycles. The molecule has 1 aromatic heterocycles. The third kappa shape index (κ3) is 3.68. The van der Waals surface area contributed by atoms with Gasteiger partial charge in [0.1, 0.15) is 0 Å². The van der Waals surface area contributed by atoms with Crippen molar-refractivity contribution in [3.05, 3.63) is 70.7 Å². The summed E-state index contributed by atoms with van der Waals surface area (Å²) in [6.07, 6.45) is 8.19. The van der Waals surface area contributed by atoms with Crippen molar-refractivity contribution in [1.82, 2.24) is 9.88 Å². The highest BCUT2D eigenvalue weighted by Gasteiger charge is 2.45. The molecule has 3 aromatic rings. The van der Waals surface area contributed by atoms with Crippen LogP contribution < -0.4 is 14.8 Å². The van der Waals surface area contributed by atoms with Crippen molar-refractivity contribution in [2.75, 3.05) is 25.2 Å². The highest BCUT2D eigenvalue weighted by atomic mass is 32.1. The van der Waals surface area contributed by atoms with Crippen LogP contribution in [0.15, 0.2) is 54.7 Å². The summed E-state index contributed by atoms with van der Waals surface area (Å²) in [5.41, 5.74) is 2.57. The van der Waals surface area contributed by atoms with Crippen LogP contribution in [0.3, 0.4) is 0 Å². The van der Waals surface area contributed by atoms with E-state index in [2.05, 4.69) is 58.9 Å². The van der Waals surface area contributed by atoms with Crippen LogP contribution >= 0.6 is 11.3 Å². The molecule has 0 spiro atoms. The molecule has 0 radical (unpaired) electrons. The second kappa shape index (κ2) is 7.84. The highest BCUT2D eigenvalue weighted by molar-refractivity contribution is 7.15.